The van der Waals surface area contributed by atoms with Gasteiger partial charge in [-0.15, -0.1) is 0 Å². The number of sulfonamides is 1. The molecular weight excluding hydrogens is 380 g/mol. The Hall–Kier alpha value is -2.39. The van der Waals surface area contributed by atoms with E-state index in [4.69, 9.17) is 4.74 Å². The highest BCUT2D eigenvalue weighted by atomic mass is 32.2. The molecule has 1 aliphatic rings. The van der Waals surface area contributed by atoms with Gasteiger partial charge in [-0.1, -0.05) is 12.1 Å². The molecule has 2 heterocycles. The molecule has 1 N–H and O–H groups in total. The summed E-state index contributed by atoms with van der Waals surface area (Å²) in [4.78, 5) is 16.5. The molecule has 1 aromatic carbocycles. The van der Waals surface area contributed by atoms with E-state index in [2.05, 4.69) is 10.3 Å². The smallest absolute Gasteiger partial charge is 0.262 e. The lowest BCUT2D eigenvalue weighted by Gasteiger charge is -2.29. The van der Waals surface area contributed by atoms with Crippen molar-refractivity contribution < 1.29 is 17.9 Å². The van der Waals surface area contributed by atoms with Gasteiger partial charge in [0.25, 0.3) is 10.0 Å². The first-order valence-corrected chi connectivity index (χ1v) is 10.8. The first kappa shape index (κ1) is 20.3. The number of rotatable bonds is 7. The lowest BCUT2D eigenvalue weighted by Crippen LogP contribution is -2.42. The van der Waals surface area contributed by atoms with Gasteiger partial charge in [0.1, 0.15) is 5.75 Å². The van der Waals surface area contributed by atoms with Crippen LogP contribution in [0.2, 0.25) is 0 Å². The van der Waals surface area contributed by atoms with E-state index >= 15 is 0 Å². The van der Waals surface area contributed by atoms with Crippen LogP contribution in [0.15, 0.2) is 41.8 Å². The van der Waals surface area contributed by atoms with Crippen molar-refractivity contribution in [1.29, 1.82) is 0 Å². The van der Waals surface area contributed by atoms with Crippen LogP contribution in [0, 0.1) is 5.92 Å². The fraction of sp³-hybridized carbons (Fsp3) is 0.474. The van der Waals surface area contributed by atoms with Crippen molar-refractivity contribution in [2.45, 2.75) is 37.9 Å². The second-order valence-corrected chi connectivity index (χ2v) is 8.67. The maximum absolute atomic E-state index is 12.7. The van der Waals surface area contributed by atoms with E-state index in [0.29, 0.717) is 39.0 Å². The van der Waals surface area contributed by atoms with E-state index < -0.39 is 10.0 Å². The number of hydrogen-bond acceptors (Lipinski definition) is 5. The highest BCUT2D eigenvalue weighted by Gasteiger charge is 2.33. The topological polar surface area (TPSA) is 93.5 Å². The molecule has 0 aliphatic carbocycles. The van der Waals surface area contributed by atoms with Crippen molar-refractivity contribution in [3.8, 4) is 5.75 Å². The maximum Gasteiger partial charge on any atom is 0.262 e. The first-order valence-electron chi connectivity index (χ1n) is 9.36. The van der Waals surface area contributed by atoms with Crippen LogP contribution in [0.4, 0.5) is 0 Å². The Morgan fingerprint density at radius 2 is 1.93 bits per heavy atom. The molecule has 2 aromatic rings. The number of nitrogens with zero attached hydrogens (tertiary/aromatic N) is 3. The van der Waals surface area contributed by atoms with Gasteiger partial charge in [0, 0.05) is 38.3 Å². The Balaban J connectivity index is 1.51. The highest BCUT2D eigenvalue weighted by Crippen LogP contribution is 2.23. The summed E-state index contributed by atoms with van der Waals surface area (Å²) in [5.41, 5.74) is 0.987. The van der Waals surface area contributed by atoms with Gasteiger partial charge in [-0.2, -0.15) is 4.31 Å². The van der Waals surface area contributed by atoms with Gasteiger partial charge in [0.2, 0.25) is 5.91 Å². The van der Waals surface area contributed by atoms with E-state index in [1.807, 2.05) is 31.2 Å². The number of benzene rings is 1. The number of hydrogen-bond donors (Lipinski definition) is 1. The average molecular weight is 407 g/mol. The van der Waals surface area contributed by atoms with Gasteiger partial charge < -0.3 is 14.6 Å². The zero-order chi connectivity index (χ0) is 20.1. The van der Waals surface area contributed by atoms with Gasteiger partial charge in [-0.05, 0) is 37.5 Å². The second-order valence-electron chi connectivity index (χ2n) is 6.79. The zero-order valence-electron chi connectivity index (χ0n) is 16.2. The number of aryl methyl sites for hydroxylation is 1. The minimum atomic E-state index is -3.60. The van der Waals surface area contributed by atoms with E-state index in [0.717, 1.165) is 11.3 Å². The van der Waals surface area contributed by atoms with Crippen molar-refractivity contribution in [2.24, 2.45) is 5.92 Å². The first-order chi connectivity index (χ1) is 13.4. The summed E-state index contributed by atoms with van der Waals surface area (Å²) in [6.45, 7) is 3.67. The van der Waals surface area contributed by atoms with Crippen LogP contribution in [0.5, 0.6) is 5.75 Å². The second kappa shape index (κ2) is 8.74. The van der Waals surface area contributed by atoms with Gasteiger partial charge in [0.05, 0.1) is 13.4 Å². The van der Waals surface area contributed by atoms with Crippen LogP contribution >= 0.6 is 0 Å². The number of aromatic nitrogens is 2. The monoisotopic (exact) mass is 406 g/mol. The van der Waals surface area contributed by atoms with Crippen molar-refractivity contribution in [3.05, 3.63) is 42.4 Å². The summed E-state index contributed by atoms with van der Waals surface area (Å²) in [6, 6.07) is 7.52. The predicted octanol–water partition coefficient (Wildman–Crippen LogP) is 1.63. The van der Waals surface area contributed by atoms with Crippen LogP contribution in [0.3, 0.4) is 0 Å². The van der Waals surface area contributed by atoms with Gasteiger partial charge in [-0.3, -0.25) is 4.79 Å². The molecule has 1 fully saturated rings. The van der Waals surface area contributed by atoms with E-state index in [9.17, 15) is 13.2 Å². The van der Waals surface area contributed by atoms with Crippen molar-refractivity contribution >= 4 is 15.9 Å². The van der Waals surface area contributed by atoms with Gasteiger partial charge in [-0.25, -0.2) is 13.4 Å². The molecule has 0 saturated carbocycles. The number of nitrogens with one attached hydrogen (secondary N) is 1. The summed E-state index contributed by atoms with van der Waals surface area (Å²) in [5, 5.41) is 3.01. The van der Waals surface area contributed by atoms with Crippen LogP contribution in [-0.2, 0) is 27.9 Å². The minimum Gasteiger partial charge on any atom is -0.497 e. The number of amides is 1. The van der Waals surface area contributed by atoms with Crippen LogP contribution in [-0.4, -0.2) is 48.4 Å². The summed E-state index contributed by atoms with van der Waals surface area (Å²) in [7, 11) is -1.99. The summed E-state index contributed by atoms with van der Waals surface area (Å²) >= 11 is 0. The molecule has 3 rings (SSSR count). The van der Waals surface area contributed by atoms with E-state index in [1.54, 1.807) is 17.9 Å². The van der Waals surface area contributed by atoms with Crippen LogP contribution in [0.25, 0.3) is 0 Å². The molecular formula is C19H26N4O4S. The lowest BCUT2D eigenvalue weighted by atomic mass is 9.97. The standard InChI is InChI=1S/C19H26N4O4S/c1-3-22-13-18(21-14-22)28(25,26)23-10-8-16(9-11-23)19(24)20-12-15-4-6-17(27-2)7-5-15/h4-7,13-14,16H,3,8-12H2,1-2H3,(H,20,24). The molecule has 0 bridgehead atoms. The summed E-state index contributed by atoms with van der Waals surface area (Å²) in [5.74, 6) is 0.549. The van der Waals surface area contributed by atoms with Crippen molar-refractivity contribution in [1.82, 2.24) is 19.2 Å². The van der Waals surface area contributed by atoms with Crippen LogP contribution < -0.4 is 10.1 Å². The fourth-order valence-electron chi connectivity index (χ4n) is 3.21. The molecule has 8 nitrogen and oxygen atoms in total. The molecule has 1 aromatic heterocycles. The molecule has 9 heteroatoms. The molecule has 1 aliphatic heterocycles. The molecule has 0 spiro atoms. The predicted molar refractivity (Wildman–Crippen MR) is 104 cm³/mol. The minimum absolute atomic E-state index is 0.0388. The maximum atomic E-state index is 12.7. The molecule has 152 valence electrons. The Bertz CT molecular complexity index is 900. The third-order valence-electron chi connectivity index (χ3n) is 5.03. The molecule has 0 atom stereocenters. The fourth-order valence-corrected chi connectivity index (χ4v) is 4.62. The van der Waals surface area contributed by atoms with E-state index in [1.165, 1.54) is 10.6 Å². The number of imidazole rings is 1. The molecule has 0 radical (unpaired) electrons. The van der Waals surface area contributed by atoms with Crippen molar-refractivity contribution in [2.75, 3.05) is 20.2 Å². The average Bonchev–Trinajstić information content (AvgIpc) is 3.23. The normalized spacial score (nSPS) is 16.1. The molecule has 1 saturated heterocycles. The number of methoxy groups -OCH3 is 1. The van der Waals surface area contributed by atoms with Gasteiger partial charge >= 0.3 is 0 Å². The highest BCUT2D eigenvalue weighted by molar-refractivity contribution is 7.89. The molecule has 1 amide bonds. The largest absolute Gasteiger partial charge is 0.497 e. The Morgan fingerprint density at radius 1 is 1.25 bits per heavy atom. The molecule has 0 unspecified atom stereocenters. The van der Waals surface area contributed by atoms with Crippen molar-refractivity contribution in [3.63, 3.8) is 0 Å². The number of ether oxygens (including phenoxy) is 1. The Labute approximate surface area is 165 Å². The lowest BCUT2D eigenvalue weighted by molar-refractivity contribution is -0.126. The number of carbonyl (C=O) groups is 1. The SMILES string of the molecule is CCn1cnc(S(=O)(=O)N2CCC(C(=O)NCc3ccc(OC)cc3)CC2)c1. The van der Waals surface area contributed by atoms with E-state index in [-0.39, 0.29) is 16.9 Å². The Kier molecular flexibility index (Phi) is 6.35. The van der Waals surface area contributed by atoms with Gasteiger partial charge in [0.15, 0.2) is 5.03 Å². The van der Waals surface area contributed by atoms with Crippen LogP contribution in [0.1, 0.15) is 25.3 Å². The third-order valence-corrected chi connectivity index (χ3v) is 6.81. The quantitative estimate of drug-likeness (QED) is 0.754. The number of piperidine rings is 1. The summed E-state index contributed by atoms with van der Waals surface area (Å²) < 4.78 is 33.7. The third kappa shape index (κ3) is 4.53. The molecule has 28 heavy (non-hydrogen) atoms. The summed E-state index contributed by atoms with van der Waals surface area (Å²) in [6.07, 6.45) is 4.07. The number of carbonyl (C=O) groups excluding carboxylic acids is 1. The zero-order valence-corrected chi connectivity index (χ0v) is 17.0. The Morgan fingerprint density at radius 3 is 2.50 bits per heavy atom.